The SMILES string of the molecule is CCN(C=O)C(C(=O)O)c1ccc(C)cc1C. The van der Waals surface area contributed by atoms with Crippen molar-refractivity contribution in [2.75, 3.05) is 6.54 Å². The van der Waals surface area contributed by atoms with Crippen LogP contribution in [0.4, 0.5) is 0 Å². The van der Waals surface area contributed by atoms with Gasteiger partial charge in [0.1, 0.15) is 0 Å². The molecule has 0 saturated carbocycles. The van der Waals surface area contributed by atoms with Gasteiger partial charge in [-0.05, 0) is 31.9 Å². The van der Waals surface area contributed by atoms with E-state index in [1.165, 1.54) is 4.90 Å². The molecule has 0 saturated heterocycles. The first-order valence-corrected chi connectivity index (χ1v) is 5.52. The van der Waals surface area contributed by atoms with E-state index in [-0.39, 0.29) is 0 Å². The van der Waals surface area contributed by atoms with Crippen molar-refractivity contribution in [2.24, 2.45) is 0 Å². The molecule has 1 aromatic rings. The van der Waals surface area contributed by atoms with Gasteiger partial charge in [0, 0.05) is 6.54 Å². The zero-order valence-electron chi connectivity index (χ0n) is 10.3. The fraction of sp³-hybridized carbons (Fsp3) is 0.385. The highest BCUT2D eigenvalue weighted by atomic mass is 16.4. The first-order chi connectivity index (χ1) is 8.01. The van der Waals surface area contributed by atoms with Crippen molar-refractivity contribution >= 4 is 12.4 Å². The summed E-state index contributed by atoms with van der Waals surface area (Å²) in [5.41, 5.74) is 2.62. The number of hydrogen-bond donors (Lipinski definition) is 1. The van der Waals surface area contributed by atoms with Crippen LogP contribution in [-0.4, -0.2) is 28.9 Å². The molecule has 0 aliphatic rings. The topological polar surface area (TPSA) is 57.6 Å². The third kappa shape index (κ3) is 2.84. The second-order valence-corrected chi connectivity index (χ2v) is 4.04. The standard InChI is InChI=1S/C13H17NO3/c1-4-14(8-15)12(13(16)17)11-6-5-9(2)7-10(11)3/h5-8,12H,4H2,1-3H3,(H,16,17). The Hall–Kier alpha value is -1.84. The fourth-order valence-electron chi connectivity index (χ4n) is 1.90. The molecule has 0 aliphatic heterocycles. The van der Waals surface area contributed by atoms with E-state index < -0.39 is 12.0 Å². The Labute approximate surface area is 101 Å². The molecular formula is C13H17NO3. The van der Waals surface area contributed by atoms with Crippen molar-refractivity contribution in [3.63, 3.8) is 0 Å². The van der Waals surface area contributed by atoms with Crippen LogP contribution in [0.1, 0.15) is 29.7 Å². The number of nitrogens with zero attached hydrogens (tertiary/aromatic N) is 1. The minimum Gasteiger partial charge on any atom is -0.479 e. The molecule has 1 N–H and O–H groups in total. The molecule has 0 bridgehead atoms. The van der Waals surface area contributed by atoms with Gasteiger partial charge in [-0.15, -0.1) is 0 Å². The molecule has 1 amide bonds. The molecule has 4 heteroatoms. The minimum atomic E-state index is -1.01. The second-order valence-electron chi connectivity index (χ2n) is 4.04. The monoisotopic (exact) mass is 235 g/mol. The van der Waals surface area contributed by atoms with Crippen molar-refractivity contribution < 1.29 is 14.7 Å². The van der Waals surface area contributed by atoms with Gasteiger partial charge in [0.25, 0.3) is 0 Å². The summed E-state index contributed by atoms with van der Waals surface area (Å²) in [6.45, 7) is 5.93. The Bertz CT molecular complexity index is 429. The summed E-state index contributed by atoms with van der Waals surface area (Å²) in [5.74, 6) is -1.01. The lowest BCUT2D eigenvalue weighted by molar-refractivity contribution is -0.146. The number of amides is 1. The number of carbonyl (C=O) groups excluding carboxylic acids is 1. The van der Waals surface area contributed by atoms with E-state index in [1.54, 1.807) is 13.0 Å². The molecule has 1 aromatic carbocycles. The number of rotatable bonds is 5. The summed E-state index contributed by atoms with van der Waals surface area (Å²) in [6.07, 6.45) is 0.581. The number of carboxylic acids is 1. The molecule has 0 heterocycles. The van der Waals surface area contributed by atoms with Gasteiger partial charge >= 0.3 is 5.97 Å². The summed E-state index contributed by atoms with van der Waals surface area (Å²) in [7, 11) is 0. The predicted molar refractivity (Wildman–Crippen MR) is 64.7 cm³/mol. The Morgan fingerprint density at radius 1 is 1.47 bits per heavy atom. The fourth-order valence-corrected chi connectivity index (χ4v) is 1.90. The zero-order valence-corrected chi connectivity index (χ0v) is 10.3. The summed E-state index contributed by atoms with van der Waals surface area (Å²) >= 11 is 0. The van der Waals surface area contributed by atoms with Crippen LogP contribution in [0.25, 0.3) is 0 Å². The smallest absolute Gasteiger partial charge is 0.331 e. The van der Waals surface area contributed by atoms with E-state index in [2.05, 4.69) is 0 Å². The van der Waals surface area contributed by atoms with Crippen molar-refractivity contribution in [1.82, 2.24) is 4.90 Å². The average Bonchev–Trinajstić information content (AvgIpc) is 2.26. The quantitative estimate of drug-likeness (QED) is 0.793. The maximum Gasteiger partial charge on any atom is 0.331 e. The molecule has 1 rings (SSSR count). The van der Waals surface area contributed by atoms with E-state index in [0.717, 1.165) is 11.1 Å². The van der Waals surface area contributed by atoms with Crippen LogP contribution >= 0.6 is 0 Å². The van der Waals surface area contributed by atoms with Crippen LogP contribution in [0.3, 0.4) is 0 Å². The van der Waals surface area contributed by atoms with Gasteiger partial charge < -0.3 is 10.0 Å². The van der Waals surface area contributed by atoms with Gasteiger partial charge in [0.2, 0.25) is 6.41 Å². The molecule has 0 spiro atoms. The predicted octanol–water partition coefficient (Wildman–Crippen LogP) is 1.91. The highest BCUT2D eigenvalue weighted by Crippen LogP contribution is 2.24. The number of carbonyl (C=O) groups is 2. The number of hydrogen-bond acceptors (Lipinski definition) is 2. The molecule has 1 atom stereocenters. The molecule has 4 nitrogen and oxygen atoms in total. The van der Waals surface area contributed by atoms with E-state index in [4.69, 9.17) is 0 Å². The maximum atomic E-state index is 11.3. The number of carboxylic acid groups (broad SMARTS) is 1. The number of likely N-dealkylation sites (N-methyl/N-ethyl adjacent to an activating group) is 1. The van der Waals surface area contributed by atoms with Gasteiger partial charge in [-0.2, -0.15) is 0 Å². The second kappa shape index (κ2) is 5.48. The number of aryl methyl sites for hydroxylation is 2. The molecular weight excluding hydrogens is 218 g/mol. The van der Waals surface area contributed by atoms with Gasteiger partial charge in [0.05, 0.1) is 0 Å². The summed E-state index contributed by atoms with van der Waals surface area (Å²) in [5, 5.41) is 9.25. The van der Waals surface area contributed by atoms with E-state index in [9.17, 15) is 14.7 Å². The van der Waals surface area contributed by atoms with Gasteiger partial charge in [-0.3, -0.25) is 4.79 Å². The summed E-state index contributed by atoms with van der Waals surface area (Å²) in [6, 6.07) is 4.65. The van der Waals surface area contributed by atoms with Crippen LogP contribution in [0.5, 0.6) is 0 Å². The van der Waals surface area contributed by atoms with E-state index in [0.29, 0.717) is 18.5 Å². The molecule has 92 valence electrons. The van der Waals surface area contributed by atoms with Crippen molar-refractivity contribution in [3.8, 4) is 0 Å². The lowest BCUT2D eigenvalue weighted by Crippen LogP contribution is -2.33. The summed E-state index contributed by atoms with van der Waals surface area (Å²) < 4.78 is 0. The Morgan fingerprint density at radius 3 is 2.53 bits per heavy atom. The molecule has 0 fully saturated rings. The lowest BCUT2D eigenvalue weighted by Gasteiger charge is -2.25. The van der Waals surface area contributed by atoms with Crippen LogP contribution in [-0.2, 0) is 9.59 Å². The third-order valence-electron chi connectivity index (χ3n) is 2.79. The van der Waals surface area contributed by atoms with Crippen molar-refractivity contribution in [1.29, 1.82) is 0 Å². The van der Waals surface area contributed by atoms with Crippen LogP contribution < -0.4 is 0 Å². The maximum absolute atomic E-state index is 11.3. The first-order valence-electron chi connectivity index (χ1n) is 5.52. The number of aliphatic carboxylic acids is 1. The van der Waals surface area contributed by atoms with Crippen molar-refractivity contribution in [2.45, 2.75) is 26.8 Å². The van der Waals surface area contributed by atoms with E-state index in [1.807, 2.05) is 26.0 Å². The van der Waals surface area contributed by atoms with Crippen LogP contribution in [0, 0.1) is 13.8 Å². The number of benzene rings is 1. The average molecular weight is 235 g/mol. The Kier molecular flexibility index (Phi) is 4.26. The van der Waals surface area contributed by atoms with Crippen molar-refractivity contribution in [3.05, 3.63) is 34.9 Å². The largest absolute Gasteiger partial charge is 0.479 e. The van der Waals surface area contributed by atoms with Gasteiger partial charge in [-0.25, -0.2) is 4.79 Å². The molecule has 1 unspecified atom stereocenters. The highest BCUT2D eigenvalue weighted by molar-refractivity contribution is 5.78. The molecule has 0 aromatic heterocycles. The molecule has 17 heavy (non-hydrogen) atoms. The molecule has 0 radical (unpaired) electrons. The highest BCUT2D eigenvalue weighted by Gasteiger charge is 2.26. The lowest BCUT2D eigenvalue weighted by atomic mass is 9.98. The van der Waals surface area contributed by atoms with E-state index >= 15 is 0 Å². The van der Waals surface area contributed by atoms with Gasteiger partial charge in [0.15, 0.2) is 6.04 Å². The minimum absolute atomic E-state index is 0.369. The van der Waals surface area contributed by atoms with Gasteiger partial charge in [-0.1, -0.05) is 23.8 Å². The van der Waals surface area contributed by atoms with Crippen LogP contribution in [0.2, 0.25) is 0 Å². The van der Waals surface area contributed by atoms with Crippen LogP contribution in [0.15, 0.2) is 18.2 Å². The zero-order chi connectivity index (χ0) is 13.0. The molecule has 0 aliphatic carbocycles. The first kappa shape index (κ1) is 13.2. The third-order valence-corrected chi connectivity index (χ3v) is 2.79. The summed E-state index contributed by atoms with van der Waals surface area (Å²) in [4.78, 5) is 23.5. The Morgan fingerprint density at radius 2 is 2.12 bits per heavy atom. The Balaban J connectivity index is 3.22. The normalized spacial score (nSPS) is 11.9.